The highest BCUT2D eigenvalue weighted by atomic mass is 15.2. The Bertz CT molecular complexity index is 379. The van der Waals surface area contributed by atoms with Gasteiger partial charge in [-0.25, -0.2) is 0 Å². The number of fused-ring (bicyclic) bond motifs is 1. The molecular formula is C15H24N2. The van der Waals surface area contributed by atoms with Gasteiger partial charge in [0.05, 0.1) is 0 Å². The van der Waals surface area contributed by atoms with Gasteiger partial charge in [0.15, 0.2) is 0 Å². The second kappa shape index (κ2) is 4.69. The number of nitrogens with one attached hydrogen (secondary N) is 1. The van der Waals surface area contributed by atoms with E-state index >= 15 is 0 Å². The number of nitrogens with zero attached hydrogens (tertiary/aromatic N) is 1. The summed E-state index contributed by atoms with van der Waals surface area (Å²) in [4.78, 5) is 2.49. The maximum absolute atomic E-state index is 3.54. The zero-order valence-electron chi connectivity index (χ0n) is 11.5. The maximum atomic E-state index is 3.54. The quantitative estimate of drug-likeness (QED) is 0.843. The van der Waals surface area contributed by atoms with Gasteiger partial charge in [0.25, 0.3) is 0 Å². The van der Waals surface area contributed by atoms with Crippen molar-refractivity contribution < 1.29 is 0 Å². The maximum Gasteiger partial charge on any atom is 0.0373 e. The summed E-state index contributed by atoms with van der Waals surface area (Å²) >= 11 is 0. The van der Waals surface area contributed by atoms with Crippen LogP contribution in [0, 0.1) is 5.41 Å². The Kier molecular flexibility index (Phi) is 3.43. The van der Waals surface area contributed by atoms with Crippen molar-refractivity contribution in [1.29, 1.82) is 0 Å². The van der Waals surface area contributed by atoms with Crippen LogP contribution < -0.4 is 5.32 Å². The van der Waals surface area contributed by atoms with Crippen molar-refractivity contribution in [2.24, 2.45) is 5.41 Å². The highest BCUT2D eigenvalue weighted by Gasteiger charge is 2.24. The van der Waals surface area contributed by atoms with Gasteiger partial charge in [-0.2, -0.15) is 0 Å². The summed E-state index contributed by atoms with van der Waals surface area (Å²) in [6.07, 6.45) is 1.16. The molecule has 0 saturated heterocycles. The van der Waals surface area contributed by atoms with E-state index in [9.17, 15) is 0 Å². The second-order valence-corrected chi connectivity index (χ2v) is 6.37. The van der Waals surface area contributed by atoms with E-state index in [1.165, 1.54) is 11.3 Å². The molecule has 0 aliphatic carbocycles. The van der Waals surface area contributed by atoms with Gasteiger partial charge in [-0.05, 0) is 30.5 Å². The average Bonchev–Trinajstić information content (AvgIpc) is 2.26. The van der Waals surface area contributed by atoms with Gasteiger partial charge < -0.3 is 10.2 Å². The summed E-state index contributed by atoms with van der Waals surface area (Å²) in [5, 5.41) is 3.54. The van der Waals surface area contributed by atoms with Gasteiger partial charge >= 0.3 is 0 Å². The fourth-order valence-electron chi connectivity index (χ4n) is 2.61. The van der Waals surface area contributed by atoms with Gasteiger partial charge in [-0.1, -0.05) is 39.0 Å². The summed E-state index contributed by atoms with van der Waals surface area (Å²) < 4.78 is 0. The number of rotatable bonds is 2. The van der Waals surface area contributed by atoms with Crippen LogP contribution in [0.3, 0.4) is 0 Å². The molecule has 1 N–H and O–H groups in total. The number of para-hydroxylation sites is 1. The molecule has 0 radical (unpaired) electrons. The van der Waals surface area contributed by atoms with Crippen LogP contribution in [0.2, 0.25) is 0 Å². The standard InChI is InChI=1S/C15H24N2/c1-15(2,3)11-17(4)13-9-12-7-5-6-8-14(12)16-10-13/h5-8,13,16H,9-11H2,1-4H3. The van der Waals surface area contributed by atoms with Crippen molar-refractivity contribution in [3.63, 3.8) is 0 Å². The van der Waals surface area contributed by atoms with E-state index in [2.05, 4.69) is 62.3 Å². The normalized spacial score (nSPS) is 19.9. The molecule has 0 spiro atoms. The SMILES string of the molecule is CN(CC(C)(C)C)C1CNc2ccccc2C1. The molecule has 0 aromatic heterocycles. The zero-order valence-corrected chi connectivity index (χ0v) is 11.5. The van der Waals surface area contributed by atoms with Crippen LogP contribution in [-0.4, -0.2) is 31.1 Å². The first-order chi connectivity index (χ1) is 7.96. The molecule has 0 saturated carbocycles. The van der Waals surface area contributed by atoms with Crippen molar-refractivity contribution in [3.8, 4) is 0 Å². The van der Waals surface area contributed by atoms with E-state index < -0.39 is 0 Å². The first kappa shape index (κ1) is 12.4. The molecule has 1 unspecified atom stereocenters. The third-order valence-electron chi connectivity index (χ3n) is 3.35. The Hall–Kier alpha value is -1.02. The Balaban J connectivity index is 2.02. The van der Waals surface area contributed by atoms with Crippen LogP contribution in [0.5, 0.6) is 0 Å². The highest BCUT2D eigenvalue weighted by molar-refractivity contribution is 5.53. The summed E-state index contributed by atoms with van der Waals surface area (Å²) in [5.41, 5.74) is 3.13. The Morgan fingerprint density at radius 3 is 2.71 bits per heavy atom. The molecule has 0 amide bonds. The molecule has 1 aliphatic heterocycles. The molecular weight excluding hydrogens is 208 g/mol. The fraction of sp³-hybridized carbons (Fsp3) is 0.600. The van der Waals surface area contributed by atoms with Gasteiger partial charge in [0.2, 0.25) is 0 Å². The molecule has 1 aliphatic rings. The van der Waals surface area contributed by atoms with Crippen LogP contribution in [0.1, 0.15) is 26.3 Å². The number of hydrogen-bond donors (Lipinski definition) is 1. The predicted molar refractivity (Wildman–Crippen MR) is 74.5 cm³/mol. The molecule has 2 nitrogen and oxygen atoms in total. The number of hydrogen-bond acceptors (Lipinski definition) is 2. The van der Waals surface area contributed by atoms with E-state index in [4.69, 9.17) is 0 Å². The Morgan fingerprint density at radius 1 is 1.29 bits per heavy atom. The average molecular weight is 232 g/mol. The Morgan fingerprint density at radius 2 is 2.00 bits per heavy atom. The van der Waals surface area contributed by atoms with E-state index in [0.29, 0.717) is 11.5 Å². The summed E-state index contributed by atoms with van der Waals surface area (Å²) in [6.45, 7) is 9.10. The topological polar surface area (TPSA) is 15.3 Å². The summed E-state index contributed by atoms with van der Waals surface area (Å²) in [6, 6.07) is 9.26. The molecule has 1 aromatic rings. The summed E-state index contributed by atoms with van der Waals surface area (Å²) in [7, 11) is 2.24. The second-order valence-electron chi connectivity index (χ2n) is 6.37. The van der Waals surface area contributed by atoms with Crippen molar-refractivity contribution in [3.05, 3.63) is 29.8 Å². The monoisotopic (exact) mass is 232 g/mol. The predicted octanol–water partition coefficient (Wildman–Crippen LogP) is 3.00. The minimum absolute atomic E-state index is 0.367. The van der Waals surface area contributed by atoms with Gasteiger partial charge in [0, 0.05) is 24.8 Å². The largest absolute Gasteiger partial charge is 0.383 e. The lowest BCUT2D eigenvalue weighted by Gasteiger charge is -2.36. The molecule has 94 valence electrons. The van der Waals surface area contributed by atoms with Gasteiger partial charge in [-0.15, -0.1) is 0 Å². The lowest BCUT2D eigenvalue weighted by molar-refractivity contribution is 0.174. The minimum Gasteiger partial charge on any atom is -0.383 e. The number of benzene rings is 1. The van der Waals surface area contributed by atoms with E-state index in [0.717, 1.165) is 19.5 Å². The number of likely N-dealkylation sites (N-methyl/N-ethyl adjacent to an activating group) is 1. The van der Waals surface area contributed by atoms with Crippen molar-refractivity contribution in [2.45, 2.75) is 33.2 Å². The molecule has 1 aromatic carbocycles. The third kappa shape index (κ3) is 3.22. The first-order valence-electron chi connectivity index (χ1n) is 6.48. The molecule has 17 heavy (non-hydrogen) atoms. The van der Waals surface area contributed by atoms with Crippen molar-refractivity contribution in [2.75, 3.05) is 25.5 Å². The van der Waals surface area contributed by atoms with Gasteiger partial charge in [0.1, 0.15) is 0 Å². The van der Waals surface area contributed by atoms with Crippen LogP contribution in [0.25, 0.3) is 0 Å². The lowest BCUT2D eigenvalue weighted by Crippen LogP contribution is -2.44. The van der Waals surface area contributed by atoms with Crippen molar-refractivity contribution >= 4 is 5.69 Å². The fourth-order valence-corrected chi connectivity index (χ4v) is 2.61. The Labute approximate surface area is 105 Å². The van der Waals surface area contributed by atoms with Crippen LogP contribution in [-0.2, 0) is 6.42 Å². The van der Waals surface area contributed by atoms with E-state index in [-0.39, 0.29) is 0 Å². The lowest BCUT2D eigenvalue weighted by atomic mass is 9.93. The smallest absolute Gasteiger partial charge is 0.0373 e. The zero-order chi connectivity index (χ0) is 12.5. The highest BCUT2D eigenvalue weighted by Crippen LogP contribution is 2.24. The molecule has 1 heterocycles. The molecule has 2 rings (SSSR count). The van der Waals surface area contributed by atoms with Crippen LogP contribution >= 0.6 is 0 Å². The van der Waals surface area contributed by atoms with Crippen molar-refractivity contribution in [1.82, 2.24) is 4.90 Å². The molecule has 0 fully saturated rings. The minimum atomic E-state index is 0.367. The van der Waals surface area contributed by atoms with E-state index in [1.807, 2.05) is 0 Å². The third-order valence-corrected chi connectivity index (χ3v) is 3.35. The van der Waals surface area contributed by atoms with E-state index in [1.54, 1.807) is 0 Å². The number of anilines is 1. The molecule has 2 heteroatoms. The molecule has 0 bridgehead atoms. The molecule has 1 atom stereocenters. The van der Waals surface area contributed by atoms with Crippen LogP contribution in [0.15, 0.2) is 24.3 Å². The van der Waals surface area contributed by atoms with Gasteiger partial charge in [-0.3, -0.25) is 0 Å². The first-order valence-corrected chi connectivity index (χ1v) is 6.48. The van der Waals surface area contributed by atoms with Crippen LogP contribution in [0.4, 0.5) is 5.69 Å². The summed E-state index contributed by atoms with van der Waals surface area (Å²) in [5.74, 6) is 0.